The lowest BCUT2D eigenvalue weighted by molar-refractivity contribution is -0.143. The summed E-state index contributed by atoms with van der Waals surface area (Å²) in [6, 6.07) is 17.1. The van der Waals surface area contributed by atoms with E-state index >= 15 is 0 Å². The monoisotopic (exact) mass is 499 g/mol. The van der Waals surface area contributed by atoms with Crippen molar-refractivity contribution in [2.75, 3.05) is 13.7 Å². The van der Waals surface area contributed by atoms with Gasteiger partial charge in [0.05, 0.1) is 18.6 Å². The number of benzene rings is 2. The van der Waals surface area contributed by atoms with Gasteiger partial charge in [0.15, 0.2) is 0 Å². The average molecular weight is 500 g/mol. The van der Waals surface area contributed by atoms with E-state index in [1.54, 1.807) is 0 Å². The summed E-state index contributed by atoms with van der Waals surface area (Å²) in [4.78, 5) is 37.7. The minimum atomic E-state index is -0.879. The molecular formula is C26H33N3O5S. The van der Waals surface area contributed by atoms with E-state index in [9.17, 15) is 14.4 Å². The van der Waals surface area contributed by atoms with Gasteiger partial charge in [0.25, 0.3) is 0 Å². The van der Waals surface area contributed by atoms with E-state index in [1.807, 2.05) is 74.5 Å². The van der Waals surface area contributed by atoms with E-state index in [0.717, 1.165) is 11.1 Å². The summed E-state index contributed by atoms with van der Waals surface area (Å²) in [7, 11) is 1.32. The molecule has 0 fully saturated rings. The molecule has 0 heterocycles. The Hall–Kier alpha value is -3.46. The third-order valence-electron chi connectivity index (χ3n) is 5.06. The maximum absolute atomic E-state index is 13.0. The number of carbonyl (C=O) groups excluding carboxylic acids is 3. The van der Waals surface area contributed by atoms with E-state index in [1.165, 1.54) is 7.11 Å². The maximum Gasteiger partial charge on any atom is 0.408 e. The zero-order valence-electron chi connectivity index (χ0n) is 20.3. The van der Waals surface area contributed by atoms with Gasteiger partial charge in [-0.15, -0.1) is 0 Å². The molecule has 0 saturated heterocycles. The van der Waals surface area contributed by atoms with Crippen molar-refractivity contribution >= 4 is 35.2 Å². The van der Waals surface area contributed by atoms with Gasteiger partial charge in [-0.05, 0) is 23.5 Å². The second kappa shape index (κ2) is 14.7. The molecule has 0 aliphatic rings. The van der Waals surface area contributed by atoms with E-state index in [-0.39, 0.29) is 25.5 Å². The average Bonchev–Trinajstić information content (AvgIpc) is 2.85. The van der Waals surface area contributed by atoms with Gasteiger partial charge in [0.2, 0.25) is 5.91 Å². The second-order valence-corrected chi connectivity index (χ2v) is 8.93. The Balaban J connectivity index is 1.97. The summed E-state index contributed by atoms with van der Waals surface area (Å²) in [5.41, 5.74) is 1.71. The van der Waals surface area contributed by atoms with Crippen molar-refractivity contribution in [2.24, 2.45) is 5.92 Å². The first-order valence-corrected chi connectivity index (χ1v) is 11.8. The van der Waals surface area contributed by atoms with Gasteiger partial charge in [0, 0.05) is 6.42 Å². The number of thiocarbonyl (C=S) groups is 1. The summed E-state index contributed by atoms with van der Waals surface area (Å²) < 4.78 is 10.1. The normalized spacial score (nSPS) is 12.2. The van der Waals surface area contributed by atoms with Crippen LogP contribution in [0.3, 0.4) is 0 Å². The zero-order chi connectivity index (χ0) is 25.6. The van der Waals surface area contributed by atoms with Crippen LogP contribution < -0.4 is 16.0 Å². The number of rotatable bonds is 12. The van der Waals surface area contributed by atoms with Crippen molar-refractivity contribution in [3.63, 3.8) is 0 Å². The number of hydrogen-bond donors (Lipinski definition) is 3. The standard InChI is InChI=1S/C26H33N3O5S/c1-18(2)14-22(25(31)33-3)28-23(35)16-27-24(30)21(15-19-10-6-4-7-11-19)29-26(32)34-17-20-12-8-5-9-13-20/h4-13,18,21-22H,14-17H2,1-3H3,(H,27,30)(H,28,35)(H,29,32)/t21-,22-/m0/s1. The summed E-state index contributed by atoms with van der Waals surface area (Å²) in [6.07, 6.45) is 0.103. The van der Waals surface area contributed by atoms with E-state index in [0.29, 0.717) is 11.4 Å². The Morgan fingerprint density at radius 3 is 2.06 bits per heavy atom. The van der Waals surface area contributed by atoms with Crippen LogP contribution in [0.25, 0.3) is 0 Å². The second-order valence-electron chi connectivity index (χ2n) is 8.44. The zero-order valence-corrected chi connectivity index (χ0v) is 21.1. The lowest BCUT2D eigenvalue weighted by Crippen LogP contribution is -2.51. The lowest BCUT2D eigenvalue weighted by atomic mass is 10.0. The minimum absolute atomic E-state index is 0.00574. The smallest absolute Gasteiger partial charge is 0.408 e. The molecule has 0 unspecified atom stereocenters. The molecule has 0 bridgehead atoms. The fourth-order valence-corrected chi connectivity index (χ4v) is 3.54. The Kier molecular flexibility index (Phi) is 11.7. The molecule has 0 aliphatic carbocycles. The first-order valence-electron chi connectivity index (χ1n) is 11.4. The van der Waals surface area contributed by atoms with Crippen LogP contribution in [0.15, 0.2) is 60.7 Å². The Labute approximate surface area is 211 Å². The molecule has 3 N–H and O–H groups in total. The first kappa shape index (κ1) is 27.8. The third kappa shape index (κ3) is 10.6. The first-order chi connectivity index (χ1) is 16.8. The Morgan fingerprint density at radius 2 is 1.49 bits per heavy atom. The highest BCUT2D eigenvalue weighted by Crippen LogP contribution is 2.07. The van der Waals surface area contributed by atoms with Crippen LogP contribution in [-0.2, 0) is 32.1 Å². The van der Waals surface area contributed by atoms with Crippen molar-refractivity contribution in [3.05, 3.63) is 71.8 Å². The maximum atomic E-state index is 13.0. The molecule has 2 atom stereocenters. The number of carbonyl (C=O) groups is 3. The summed E-state index contributed by atoms with van der Waals surface area (Å²) in [5.74, 6) is -0.601. The van der Waals surface area contributed by atoms with Crippen LogP contribution >= 0.6 is 12.2 Å². The quantitative estimate of drug-likeness (QED) is 0.304. The molecule has 35 heavy (non-hydrogen) atoms. The number of ether oxygens (including phenoxy) is 2. The van der Waals surface area contributed by atoms with Crippen molar-refractivity contribution < 1.29 is 23.9 Å². The lowest BCUT2D eigenvalue weighted by Gasteiger charge is -2.21. The predicted molar refractivity (Wildman–Crippen MR) is 138 cm³/mol. The van der Waals surface area contributed by atoms with Crippen molar-refractivity contribution in [1.29, 1.82) is 0 Å². The van der Waals surface area contributed by atoms with Gasteiger partial charge in [0.1, 0.15) is 18.7 Å². The number of methoxy groups -OCH3 is 1. The molecule has 9 heteroatoms. The van der Waals surface area contributed by atoms with Crippen LogP contribution in [0.5, 0.6) is 0 Å². The van der Waals surface area contributed by atoms with Crippen molar-refractivity contribution in [1.82, 2.24) is 16.0 Å². The van der Waals surface area contributed by atoms with Gasteiger partial charge < -0.3 is 25.4 Å². The van der Waals surface area contributed by atoms with Gasteiger partial charge in [-0.1, -0.05) is 86.7 Å². The topological polar surface area (TPSA) is 106 Å². The van der Waals surface area contributed by atoms with Gasteiger partial charge in [-0.25, -0.2) is 9.59 Å². The molecule has 0 spiro atoms. The molecular weight excluding hydrogens is 466 g/mol. The highest BCUT2D eigenvalue weighted by Gasteiger charge is 2.24. The molecule has 8 nitrogen and oxygen atoms in total. The molecule has 0 saturated carbocycles. The summed E-state index contributed by atoms with van der Waals surface area (Å²) >= 11 is 5.32. The Morgan fingerprint density at radius 1 is 0.886 bits per heavy atom. The summed E-state index contributed by atoms with van der Waals surface area (Å²) in [6.45, 7) is 4.06. The Bertz CT molecular complexity index is 969. The van der Waals surface area contributed by atoms with E-state index < -0.39 is 30.1 Å². The summed E-state index contributed by atoms with van der Waals surface area (Å²) in [5, 5.41) is 8.33. The van der Waals surface area contributed by atoms with Crippen LogP contribution in [0.1, 0.15) is 31.4 Å². The number of amides is 2. The molecule has 2 amide bonds. The largest absolute Gasteiger partial charge is 0.467 e. The molecule has 0 radical (unpaired) electrons. The van der Waals surface area contributed by atoms with Gasteiger partial charge in [-0.3, -0.25) is 4.79 Å². The highest BCUT2D eigenvalue weighted by atomic mass is 32.1. The van der Waals surface area contributed by atoms with Crippen LogP contribution in [0.4, 0.5) is 4.79 Å². The van der Waals surface area contributed by atoms with E-state index in [4.69, 9.17) is 21.7 Å². The van der Waals surface area contributed by atoms with Crippen molar-refractivity contribution in [2.45, 2.75) is 45.4 Å². The van der Waals surface area contributed by atoms with Crippen molar-refractivity contribution in [3.8, 4) is 0 Å². The molecule has 188 valence electrons. The van der Waals surface area contributed by atoms with Gasteiger partial charge >= 0.3 is 12.1 Å². The van der Waals surface area contributed by atoms with Gasteiger partial charge in [-0.2, -0.15) is 0 Å². The van der Waals surface area contributed by atoms with E-state index in [2.05, 4.69) is 16.0 Å². The number of alkyl carbamates (subject to hydrolysis) is 1. The molecule has 2 rings (SSSR count). The number of esters is 1. The molecule has 0 aliphatic heterocycles. The number of nitrogens with one attached hydrogen (secondary N) is 3. The molecule has 2 aromatic rings. The molecule has 2 aromatic carbocycles. The highest BCUT2D eigenvalue weighted by molar-refractivity contribution is 7.80. The van der Waals surface area contributed by atoms with Crippen LogP contribution in [0.2, 0.25) is 0 Å². The fourth-order valence-electron chi connectivity index (χ4n) is 3.33. The number of hydrogen-bond acceptors (Lipinski definition) is 6. The predicted octanol–water partition coefficient (Wildman–Crippen LogP) is 3.15. The van der Waals surface area contributed by atoms with Crippen LogP contribution in [0, 0.1) is 5.92 Å². The third-order valence-corrected chi connectivity index (χ3v) is 5.32. The molecule has 0 aromatic heterocycles. The SMILES string of the molecule is COC(=O)[C@H](CC(C)C)NC(=S)CNC(=O)[C@H](Cc1ccccc1)NC(=O)OCc1ccccc1. The van der Waals surface area contributed by atoms with Crippen LogP contribution in [-0.4, -0.2) is 48.7 Å². The minimum Gasteiger partial charge on any atom is -0.467 e. The fraction of sp³-hybridized carbons (Fsp3) is 0.385.